The highest BCUT2D eigenvalue weighted by Crippen LogP contribution is 2.24. The summed E-state index contributed by atoms with van der Waals surface area (Å²) >= 11 is 0. The highest BCUT2D eigenvalue weighted by molar-refractivity contribution is 5.83. The van der Waals surface area contributed by atoms with E-state index in [2.05, 4.69) is 66.8 Å². The number of rotatable bonds is 4. The van der Waals surface area contributed by atoms with Crippen molar-refractivity contribution in [3.05, 3.63) is 83.9 Å². The molecular weight excluding hydrogens is 308 g/mol. The molecule has 126 valence electrons. The summed E-state index contributed by atoms with van der Waals surface area (Å²) in [5, 5.41) is 5.59. The van der Waals surface area contributed by atoms with Crippen molar-refractivity contribution >= 4 is 16.8 Å². The van der Waals surface area contributed by atoms with E-state index in [0.29, 0.717) is 12.5 Å². The van der Waals surface area contributed by atoms with Crippen molar-refractivity contribution in [3.63, 3.8) is 0 Å². The Hall–Kier alpha value is -2.81. The van der Waals surface area contributed by atoms with Gasteiger partial charge >= 0.3 is 6.03 Å². The molecule has 3 aromatic carbocycles. The van der Waals surface area contributed by atoms with Crippen molar-refractivity contribution in [2.24, 2.45) is 0 Å². The van der Waals surface area contributed by atoms with Crippen LogP contribution in [0.15, 0.2) is 72.8 Å². The van der Waals surface area contributed by atoms with Crippen LogP contribution in [0.5, 0.6) is 0 Å². The van der Waals surface area contributed by atoms with E-state index >= 15 is 0 Å². The molecule has 1 aliphatic heterocycles. The van der Waals surface area contributed by atoms with Crippen LogP contribution >= 0.6 is 0 Å². The van der Waals surface area contributed by atoms with Crippen molar-refractivity contribution in [3.8, 4) is 0 Å². The monoisotopic (exact) mass is 330 g/mol. The molecule has 0 aliphatic carbocycles. The van der Waals surface area contributed by atoms with Gasteiger partial charge < -0.3 is 10.2 Å². The topological polar surface area (TPSA) is 32.3 Å². The van der Waals surface area contributed by atoms with E-state index in [4.69, 9.17) is 0 Å². The summed E-state index contributed by atoms with van der Waals surface area (Å²) in [6.45, 7) is 3.57. The van der Waals surface area contributed by atoms with Gasteiger partial charge in [0, 0.05) is 19.0 Å². The fourth-order valence-corrected chi connectivity index (χ4v) is 3.58. The molecule has 1 unspecified atom stereocenters. The van der Waals surface area contributed by atoms with Crippen LogP contribution in [0, 0.1) is 0 Å². The lowest BCUT2D eigenvalue weighted by Gasteiger charge is -2.20. The number of hydrogen-bond acceptors (Lipinski definition) is 1. The molecular formula is C22H22N2O. The molecule has 0 radical (unpaired) electrons. The number of carbonyl (C=O) groups is 1. The second kappa shape index (κ2) is 6.60. The smallest absolute Gasteiger partial charge is 0.318 e. The number of hydrogen-bond donors (Lipinski definition) is 1. The normalized spacial score (nSPS) is 18.4. The van der Waals surface area contributed by atoms with Gasteiger partial charge in [-0.1, -0.05) is 73.7 Å². The number of urea groups is 1. The Morgan fingerprint density at radius 3 is 2.52 bits per heavy atom. The molecule has 2 amide bonds. The predicted octanol–water partition coefficient (Wildman–Crippen LogP) is 4.54. The number of nitrogens with one attached hydrogen (secondary N) is 1. The first-order valence-electron chi connectivity index (χ1n) is 8.79. The van der Waals surface area contributed by atoms with Crippen LogP contribution in [0.2, 0.25) is 0 Å². The first-order chi connectivity index (χ1) is 12.2. The van der Waals surface area contributed by atoms with Crippen molar-refractivity contribution in [2.75, 3.05) is 6.54 Å². The highest BCUT2D eigenvalue weighted by atomic mass is 16.2. The average Bonchev–Trinajstić information content (AvgIpc) is 3.02. The molecule has 3 heteroatoms. The molecule has 1 saturated heterocycles. The number of amides is 2. The third-order valence-corrected chi connectivity index (χ3v) is 5.13. The number of carbonyl (C=O) groups excluding carboxylic acids is 1. The minimum absolute atomic E-state index is 0.0286. The van der Waals surface area contributed by atoms with Crippen LogP contribution in [0.3, 0.4) is 0 Å². The van der Waals surface area contributed by atoms with E-state index in [1.165, 1.54) is 21.9 Å². The molecule has 1 fully saturated rings. The standard InChI is InChI=1S/C22H22N2O/c1-16(18-7-3-2-4-8-18)21-15-24(22(25)23-21)14-17-11-12-19-9-5-6-10-20(19)13-17/h2-13,16,21H,14-15H2,1H3,(H,23,25)/t16-,21?/m0/s1. The van der Waals surface area contributed by atoms with E-state index < -0.39 is 0 Å². The lowest BCUT2D eigenvalue weighted by atomic mass is 9.94. The van der Waals surface area contributed by atoms with Crippen LogP contribution in [-0.4, -0.2) is 23.5 Å². The maximum absolute atomic E-state index is 12.4. The summed E-state index contributed by atoms with van der Waals surface area (Å²) in [6.07, 6.45) is 0. The van der Waals surface area contributed by atoms with Crippen LogP contribution in [0.1, 0.15) is 24.0 Å². The van der Waals surface area contributed by atoms with Crippen LogP contribution in [0.25, 0.3) is 10.8 Å². The van der Waals surface area contributed by atoms with Crippen LogP contribution < -0.4 is 5.32 Å². The Bertz CT molecular complexity index is 891. The summed E-state index contributed by atoms with van der Waals surface area (Å²) in [5.41, 5.74) is 2.43. The molecule has 0 saturated carbocycles. The maximum Gasteiger partial charge on any atom is 0.318 e. The van der Waals surface area contributed by atoms with Crippen LogP contribution in [0.4, 0.5) is 4.79 Å². The van der Waals surface area contributed by atoms with E-state index in [1.54, 1.807) is 0 Å². The zero-order valence-electron chi connectivity index (χ0n) is 14.4. The molecule has 0 bridgehead atoms. The second-order valence-electron chi connectivity index (χ2n) is 6.82. The van der Waals surface area contributed by atoms with Gasteiger partial charge in [-0.05, 0) is 28.0 Å². The average molecular weight is 330 g/mol. The Labute approximate surface area is 148 Å². The molecule has 4 rings (SSSR count). The summed E-state index contributed by atoms with van der Waals surface area (Å²) < 4.78 is 0. The molecule has 1 N–H and O–H groups in total. The van der Waals surface area contributed by atoms with E-state index in [0.717, 1.165) is 6.54 Å². The number of nitrogens with zero attached hydrogens (tertiary/aromatic N) is 1. The summed E-state index contributed by atoms with van der Waals surface area (Å²) in [6, 6.07) is 25.3. The predicted molar refractivity (Wildman–Crippen MR) is 102 cm³/mol. The van der Waals surface area contributed by atoms with Gasteiger partial charge in [-0.3, -0.25) is 0 Å². The van der Waals surface area contributed by atoms with Crippen molar-refractivity contribution < 1.29 is 4.79 Å². The fraction of sp³-hybridized carbons (Fsp3) is 0.227. The van der Waals surface area contributed by atoms with Gasteiger partial charge in [-0.25, -0.2) is 4.79 Å². The minimum atomic E-state index is 0.0286. The second-order valence-corrected chi connectivity index (χ2v) is 6.82. The lowest BCUT2D eigenvalue weighted by molar-refractivity contribution is 0.215. The summed E-state index contributed by atoms with van der Waals surface area (Å²) in [5.74, 6) is 0.298. The molecule has 0 aromatic heterocycles. The molecule has 2 atom stereocenters. The third kappa shape index (κ3) is 3.22. The molecule has 1 heterocycles. The summed E-state index contributed by atoms with van der Waals surface area (Å²) in [7, 11) is 0. The Balaban J connectivity index is 1.48. The van der Waals surface area contributed by atoms with E-state index in [-0.39, 0.29) is 12.1 Å². The Morgan fingerprint density at radius 2 is 1.72 bits per heavy atom. The van der Waals surface area contributed by atoms with Crippen molar-refractivity contribution in [2.45, 2.75) is 25.4 Å². The van der Waals surface area contributed by atoms with E-state index in [1.807, 2.05) is 23.1 Å². The van der Waals surface area contributed by atoms with Gasteiger partial charge in [0.05, 0.1) is 6.04 Å². The maximum atomic E-state index is 12.4. The zero-order chi connectivity index (χ0) is 17.2. The van der Waals surface area contributed by atoms with Gasteiger partial charge in [0.25, 0.3) is 0 Å². The van der Waals surface area contributed by atoms with Gasteiger partial charge in [0.15, 0.2) is 0 Å². The van der Waals surface area contributed by atoms with Gasteiger partial charge in [0.2, 0.25) is 0 Å². The van der Waals surface area contributed by atoms with Gasteiger partial charge in [-0.15, -0.1) is 0 Å². The minimum Gasteiger partial charge on any atom is -0.333 e. The molecule has 25 heavy (non-hydrogen) atoms. The molecule has 0 spiro atoms. The first kappa shape index (κ1) is 15.7. The zero-order valence-corrected chi connectivity index (χ0v) is 14.4. The molecule has 3 aromatic rings. The lowest BCUT2D eigenvalue weighted by Crippen LogP contribution is -2.31. The molecule has 1 aliphatic rings. The quantitative estimate of drug-likeness (QED) is 0.748. The fourth-order valence-electron chi connectivity index (χ4n) is 3.58. The Kier molecular flexibility index (Phi) is 4.14. The third-order valence-electron chi connectivity index (χ3n) is 5.13. The van der Waals surface area contributed by atoms with Crippen molar-refractivity contribution in [1.29, 1.82) is 0 Å². The number of benzene rings is 3. The molecule has 3 nitrogen and oxygen atoms in total. The highest BCUT2D eigenvalue weighted by Gasteiger charge is 2.32. The first-order valence-corrected chi connectivity index (χ1v) is 8.79. The Morgan fingerprint density at radius 1 is 1.00 bits per heavy atom. The van der Waals surface area contributed by atoms with E-state index in [9.17, 15) is 4.79 Å². The SMILES string of the molecule is C[C@@H](c1ccccc1)C1CN(Cc2ccc3ccccc3c2)C(=O)N1. The number of fused-ring (bicyclic) bond motifs is 1. The van der Waals surface area contributed by atoms with Gasteiger partial charge in [-0.2, -0.15) is 0 Å². The van der Waals surface area contributed by atoms with Crippen molar-refractivity contribution in [1.82, 2.24) is 10.2 Å². The van der Waals surface area contributed by atoms with Gasteiger partial charge in [0.1, 0.15) is 0 Å². The summed E-state index contributed by atoms with van der Waals surface area (Å²) in [4.78, 5) is 14.3. The largest absolute Gasteiger partial charge is 0.333 e. The van der Waals surface area contributed by atoms with Crippen LogP contribution in [-0.2, 0) is 6.54 Å².